The first-order valence-corrected chi connectivity index (χ1v) is 13.0. The van der Waals surface area contributed by atoms with E-state index >= 15 is 0 Å². The number of carboxylic acids is 1. The van der Waals surface area contributed by atoms with Crippen molar-refractivity contribution in [2.75, 3.05) is 6.61 Å². The van der Waals surface area contributed by atoms with Gasteiger partial charge in [0.05, 0.1) is 6.61 Å². The molecule has 1 aromatic rings. The molecular formula is C15H22N2O18P2. The van der Waals surface area contributed by atoms with E-state index in [1.54, 1.807) is 0 Å². The number of nitrogens with one attached hydrogen (secondary N) is 1. The molecular weight excluding hydrogens is 558 g/mol. The average molecular weight is 580 g/mol. The molecule has 0 aliphatic carbocycles. The van der Waals surface area contributed by atoms with E-state index in [4.69, 9.17) is 9.84 Å². The second kappa shape index (κ2) is 11.1. The first-order valence-electron chi connectivity index (χ1n) is 9.98. The number of aromatic nitrogens is 2. The molecule has 0 saturated carbocycles. The van der Waals surface area contributed by atoms with E-state index in [1.807, 2.05) is 4.98 Å². The fraction of sp³-hybridized carbons (Fsp3) is 0.667. The van der Waals surface area contributed by atoms with Gasteiger partial charge in [0.25, 0.3) is 5.56 Å². The van der Waals surface area contributed by atoms with Gasteiger partial charge in [-0.15, -0.1) is 0 Å². The van der Waals surface area contributed by atoms with Gasteiger partial charge in [-0.2, -0.15) is 4.31 Å². The van der Waals surface area contributed by atoms with Crippen LogP contribution in [-0.4, -0.2) is 112 Å². The summed E-state index contributed by atoms with van der Waals surface area (Å²) < 4.78 is 47.6. The zero-order valence-corrected chi connectivity index (χ0v) is 19.8. The van der Waals surface area contributed by atoms with E-state index in [9.17, 15) is 58.8 Å². The molecule has 20 nitrogen and oxygen atoms in total. The zero-order valence-electron chi connectivity index (χ0n) is 18.1. The summed E-state index contributed by atoms with van der Waals surface area (Å²) in [6.07, 6.45) is -17.2. The molecule has 0 bridgehead atoms. The molecule has 2 aliphatic heterocycles. The van der Waals surface area contributed by atoms with Crippen molar-refractivity contribution < 1.29 is 77.2 Å². The maximum atomic E-state index is 12.2. The first-order chi connectivity index (χ1) is 17.0. The monoisotopic (exact) mass is 580 g/mol. The Kier molecular flexibility index (Phi) is 8.89. The van der Waals surface area contributed by atoms with E-state index in [2.05, 4.69) is 18.1 Å². The van der Waals surface area contributed by atoms with Crippen LogP contribution in [0.4, 0.5) is 0 Å². The Morgan fingerprint density at radius 3 is 2.22 bits per heavy atom. The van der Waals surface area contributed by atoms with E-state index < -0.39 is 94.7 Å². The van der Waals surface area contributed by atoms with Crippen LogP contribution in [0.25, 0.3) is 0 Å². The minimum absolute atomic E-state index is 0.700. The van der Waals surface area contributed by atoms with Crippen LogP contribution in [0.15, 0.2) is 21.9 Å². The Morgan fingerprint density at radius 2 is 1.62 bits per heavy atom. The highest BCUT2D eigenvalue weighted by Gasteiger charge is 2.51. The molecule has 9 N–H and O–H groups in total. The minimum Gasteiger partial charge on any atom is -0.479 e. The smallest absolute Gasteiger partial charge is 0.479 e. The number of hydrogen-bond donors (Lipinski definition) is 9. The van der Waals surface area contributed by atoms with Gasteiger partial charge in [-0.25, -0.2) is 18.7 Å². The average Bonchev–Trinajstić information content (AvgIpc) is 3.05. The van der Waals surface area contributed by atoms with Crippen molar-refractivity contribution in [1.29, 1.82) is 0 Å². The molecule has 2 saturated heterocycles. The number of phosphoric ester groups is 2. The summed E-state index contributed by atoms with van der Waals surface area (Å²) in [7, 11) is -11.3. The molecule has 3 heterocycles. The standard InChI is InChI=1S/C15H22N2O18P2/c18-5-1-2-17(15(26)16-5)12-9(22)6(19)4(32-12)3-31-36(27,28)35-37(29,30)34-14-10(23)7(20)8(21)11(33-14)13(24)25/h1-2,4,6-12,14,19-23H,3H2,(H,24,25)(H,27,28)(H,29,30)(H,16,18,26)/t4-,6-,7+,8+,9-,10-,11+,12-,14+/m1/s1. The molecule has 2 aliphatic rings. The highest BCUT2D eigenvalue weighted by Crippen LogP contribution is 2.61. The summed E-state index contributed by atoms with van der Waals surface area (Å²) in [5.74, 6) is -1.85. The molecule has 0 spiro atoms. The summed E-state index contributed by atoms with van der Waals surface area (Å²) in [4.78, 5) is 55.5. The van der Waals surface area contributed by atoms with E-state index in [1.165, 1.54) is 0 Å². The number of carboxylic acid groups (broad SMARTS) is 1. The highest BCUT2D eigenvalue weighted by molar-refractivity contribution is 7.61. The van der Waals surface area contributed by atoms with Gasteiger partial charge < -0.3 is 49.9 Å². The third kappa shape index (κ3) is 6.77. The number of carbonyl (C=O) groups is 1. The number of aliphatic carboxylic acids is 1. The van der Waals surface area contributed by atoms with E-state index in [0.717, 1.165) is 12.3 Å². The maximum Gasteiger partial charge on any atom is 0.483 e. The van der Waals surface area contributed by atoms with Gasteiger partial charge >= 0.3 is 27.3 Å². The van der Waals surface area contributed by atoms with E-state index in [0.29, 0.717) is 4.57 Å². The van der Waals surface area contributed by atoms with Gasteiger partial charge in [0, 0.05) is 12.3 Å². The number of rotatable bonds is 9. The molecule has 2 unspecified atom stereocenters. The van der Waals surface area contributed by atoms with Crippen LogP contribution >= 0.6 is 15.6 Å². The Balaban J connectivity index is 1.63. The Labute approximate surface area is 204 Å². The summed E-state index contributed by atoms with van der Waals surface area (Å²) in [6, 6.07) is 0.910. The lowest BCUT2D eigenvalue weighted by Gasteiger charge is -2.38. The molecule has 3 rings (SSSR count). The van der Waals surface area contributed by atoms with Gasteiger partial charge in [0.1, 0.15) is 36.6 Å². The largest absolute Gasteiger partial charge is 0.483 e. The number of aliphatic hydroxyl groups excluding tert-OH is 5. The number of aliphatic hydroxyl groups is 5. The summed E-state index contributed by atoms with van der Waals surface area (Å²) in [6.45, 7) is -1.07. The number of phosphoric acid groups is 2. The molecule has 37 heavy (non-hydrogen) atoms. The second-order valence-electron chi connectivity index (χ2n) is 7.72. The maximum absolute atomic E-state index is 12.2. The van der Waals surface area contributed by atoms with Crippen molar-refractivity contribution in [3.63, 3.8) is 0 Å². The number of ether oxygens (including phenoxy) is 2. The lowest BCUT2D eigenvalue weighted by Crippen LogP contribution is -2.60. The van der Waals surface area contributed by atoms with Crippen LogP contribution in [0.3, 0.4) is 0 Å². The van der Waals surface area contributed by atoms with Crippen LogP contribution in [0, 0.1) is 0 Å². The highest BCUT2D eigenvalue weighted by atomic mass is 31.3. The fourth-order valence-corrected chi connectivity index (χ4v) is 5.49. The molecule has 2 fully saturated rings. The Hall–Kier alpha value is -1.87. The minimum atomic E-state index is -5.72. The van der Waals surface area contributed by atoms with Crippen molar-refractivity contribution in [2.45, 2.75) is 55.2 Å². The number of aromatic amines is 1. The Bertz CT molecular complexity index is 1200. The molecule has 0 amide bonds. The molecule has 22 heteroatoms. The third-order valence-electron chi connectivity index (χ3n) is 5.12. The number of H-pyrrole nitrogens is 1. The van der Waals surface area contributed by atoms with Gasteiger partial charge in [0.2, 0.25) is 0 Å². The molecule has 0 radical (unpaired) electrons. The van der Waals surface area contributed by atoms with Crippen molar-refractivity contribution >= 4 is 21.6 Å². The lowest BCUT2D eigenvalue weighted by atomic mass is 9.99. The molecule has 210 valence electrons. The van der Waals surface area contributed by atoms with E-state index in [-0.39, 0.29) is 0 Å². The summed E-state index contributed by atoms with van der Waals surface area (Å²) >= 11 is 0. The van der Waals surface area contributed by atoms with Gasteiger partial charge in [-0.3, -0.25) is 23.4 Å². The van der Waals surface area contributed by atoms with Crippen LogP contribution in [0.5, 0.6) is 0 Å². The van der Waals surface area contributed by atoms with Gasteiger partial charge in [-0.05, 0) is 0 Å². The summed E-state index contributed by atoms with van der Waals surface area (Å²) in [5.41, 5.74) is -1.78. The fourth-order valence-electron chi connectivity index (χ4n) is 3.34. The van der Waals surface area contributed by atoms with Crippen molar-refractivity contribution in [2.24, 2.45) is 0 Å². The summed E-state index contributed by atoms with van der Waals surface area (Å²) in [5, 5.41) is 58.3. The molecule has 11 atom stereocenters. The van der Waals surface area contributed by atoms with Crippen LogP contribution < -0.4 is 11.2 Å². The molecule has 1 aromatic heterocycles. The predicted molar refractivity (Wildman–Crippen MR) is 109 cm³/mol. The predicted octanol–water partition coefficient (Wildman–Crippen LogP) is -4.70. The number of hydrogen-bond acceptors (Lipinski definition) is 15. The lowest BCUT2D eigenvalue weighted by molar-refractivity contribution is -0.274. The van der Waals surface area contributed by atoms with Crippen molar-refractivity contribution in [3.8, 4) is 0 Å². The topological polar surface area (TPSA) is 314 Å². The Morgan fingerprint density at radius 1 is 0.973 bits per heavy atom. The normalized spacial score (nSPS) is 37.5. The van der Waals surface area contributed by atoms with Crippen LogP contribution in [0.2, 0.25) is 0 Å². The van der Waals surface area contributed by atoms with Crippen LogP contribution in [0.1, 0.15) is 6.23 Å². The number of nitrogens with zero attached hydrogens (tertiary/aromatic N) is 1. The van der Waals surface area contributed by atoms with Gasteiger partial charge in [-0.1, -0.05) is 0 Å². The SMILES string of the molecule is O=C(O)[C@H]1O[C@@H](OP(=O)(O)OP(=O)(O)OC[C@H]2O[C@@H](n3ccc(=O)[nH]c3=O)[C@H](O)[C@@H]2O)[C@H](O)[C@@H](O)[C@@H]1O. The van der Waals surface area contributed by atoms with Gasteiger partial charge in [0.15, 0.2) is 18.6 Å². The second-order valence-corrected chi connectivity index (χ2v) is 10.7. The third-order valence-corrected chi connectivity index (χ3v) is 7.72. The van der Waals surface area contributed by atoms with Crippen LogP contribution in [-0.2, 0) is 36.8 Å². The quantitative estimate of drug-likeness (QED) is 0.124. The first kappa shape index (κ1) is 29.7. The molecule has 0 aromatic carbocycles. The zero-order chi connectivity index (χ0) is 27.9. The van der Waals surface area contributed by atoms with Crippen molar-refractivity contribution in [3.05, 3.63) is 33.1 Å². The van der Waals surface area contributed by atoms with Crippen molar-refractivity contribution in [1.82, 2.24) is 9.55 Å².